The van der Waals surface area contributed by atoms with Gasteiger partial charge < -0.3 is 18.9 Å². The second kappa shape index (κ2) is 17.4. The van der Waals surface area contributed by atoms with Gasteiger partial charge in [-0.2, -0.15) is 0 Å². The lowest BCUT2D eigenvalue weighted by Crippen LogP contribution is -2.53. The van der Waals surface area contributed by atoms with Crippen molar-refractivity contribution in [3.05, 3.63) is 97.1 Å². The van der Waals surface area contributed by atoms with Gasteiger partial charge in [-0.25, -0.2) is 0 Å². The summed E-state index contributed by atoms with van der Waals surface area (Å²) in [5, 5.41) is 6.00. The summed E-state index contributed by atoms with van der Waals surface area (Å²) in [4.78, 5) is 0. The van der Waals surface area contributed by atoms with Gasteiger partial charge in [0.05, 0.1) is 28.4 Å². The van der Waals surface area contributed by atoms with Crippen molar-refractivity contribution < 1.29 is 18.9 Å². The second-order valence-electron chi connectivity index (χ2n) is 16.4. The summed E-state index contributed by atoms with van der Waals surface area (Å²) in [7, 11) is 5.90. The van der Waals surface area contributed by atoms with Crippen LogP contribution in [0, 0.1) is 35.5 Å². The van der Waals surface area contributed by atoms with Crippen molar-refractivity contribution >= 4 is 37.1 Å². The predicted molar refractivity (Wildman–Crippen MR) is 228 cm³/mol. The van der Waals surface area contributed by atoms with Crippen molar-refractivity contribution in [1.29, 1.82) is 0 Å². The second-order valence-corrected chi connectivity index (χ2v) is 21.3. The Bertz CT molecular complexity index is 1550. The molecule has 0 aromatic heterocycles. The molecule has 8 unspecified atom stereocenters. The predicted octanol–water partition coefficient (Wildman–Crippen LogP) is 10.5. The summed E-state index contributed by atoms with van der Waals surface area (Å²) in [6.45, 7) is 0. The van der Waals surface area contributed by atoms with Gasteiger partial charge in [-0.3, -0.25) is 0 Å². The minimum Gasteiger partial charge on any atom is -0.497 e. The van der Waals surface area contributed by atoms with Gasteiger partial charge in [0.25, 0.3) is 0 Å². The molecule has 0 amide bonds. The maximum atomic E-state index is 5.71. The lowest BCUT2D eigenvalue weighted by molar-refractivity contribution is -0.00266. The van der Waals surface area contributed by atoms with Gasteiger partial charge in [0, 0.05) is 0 Å². The number of hydrogen-bond donors (Lipinski definition) is 0. The SMILES string of the molecule is COc1ccc(P(c2ccc(OC)cc2)C2CCC3CCCCC3C2C2C3CCCCC3CCC2P(c2ccc(OC)cc2)c2ccc(OC)cc2)cc1. The van der Waals surface area contributed by atoms with E-state index in [9.17, 15) is 0 Å². The lowest BCUT2D eigenvalue weighted by atomic mass is 9.54. The largest absolute Gasteiger partial charge is 0.497 e. The van der Waals surface area contributed by atoms with Gasteiger partial charge in [0.1, 0.15) is 23.0 Å². The Hall–Kier alpha value is -3.06. The van der Waals surface area contributed by atoms with E-state index >= 15 is 0 Å². The summed E-state index contributed by atoms with van der Waals surface area (Å²) >= 11 is 0. The van der Waals surface area contributed by atoms with Crippen LogP contribution in [0.5, 0.6) is 23.0 Å². The van der Waals surface area contributed by atoms with Gasteiger partial charge in [-0.15, -0.1) is 0 Å². The van der Waals surface area contributed by atoms with Crippen molar-refractivity contribution in [3.8, 4) is 23.0 Å². The van der Waals surface area contributed by atoms with Crippen LogP contribution >= 0.6 is 15.8 Å². The molecule has 286 valence electrons. The summed E-state index contributed by atoms with van der Waals surface area (Å²) in [5.41, 5.74) is 1.27. The minimum absolute atomic E-state index is 0.622. The molecule has 0 spiro atoms. The zero-order chi connectivity index (χ0) is 37.0. The first-order valence-corrected chi connectivity index (χ1v) is 23.6. The molecular weight excluding hydrogens is 702 g/mol. The van der Waals surface area contributed by atoms with E-state index in [4.69, 9.17) is 18.9 Å². The smallest absolute Gasteiger partial charge is 0.118 e. The number of hydrogen-bond acceptors (Lipinski definition) is 4. The molecule has 4 aromatic rings. The van der Waals surface area contributed by atoms with Crippen LogP contribution in [0.2, 0.25) is 0 Å². The van der Waals surface area contributed by atoms with Crippen molar-refractivity contribution in [2.24, 2.45) is 35.5 Å². The fourth-order valence-electron chi connectivity index (χ4n) is 11.6. The van der Waals surface area contributed by atoms with Crippen molar-refractivity contribution in [2.45, 2.75) is 88.4 Å². The number of fused-ring (bicyclic) bond motifs is 2. The van der Waals surface area contributed by atoms with Gasteiger partial charge in [-0.05, 0) is 171 Å². The molecule has 4 saturated carbocycles. The fourth-order valence-corrected chi connectivity index (χ4v) is 18.0. The number of benzene rings is 4. The topological polar surface area (TPSA) is 36.9 Å². The standard InChI is InChI=1S/C48H60O4P2/c1-49-35-15-23-39(24-16-35)53(40-25-17-36(50-2)18-26-40)45-31-13-33-9-5-7-11-43(33)47(45)48-44-12-8-6-10-34(44)14-32-46(48)54(41-27-19-37(51-3)20-28-41)42-29-21-38(52-4)22-30-42/h15-30,33-34,43-48H,5-14,31-32H2,1-4H3. The molecule has 0 radical (unpaired) electrons. The molecule has 0 heterocycles. The first-order chi connectivity index (χ1) is 26.6. The Morgan fingerprint density at radius 3 is 0.907 bits per heavy atom. The average molecular weight is 763 g/mol. The third kappa shape index (κ3) is 7.69. The summed E-state index contributed by atoms with van der Waals surface area (Å²) in [6, 6.07) is 36.9. The molecule has 4 aromatic carbocycles. The molecule has 0 bridgehead atoms. The van der Waals surface area contributed by atoms with E-state index in [-0.39, 0.29) is 0 Å². The maximum absolute atomic E-state index is 5.71. The first-order valence-electron chi connectivity index (χ1n) is 20.7. The van der Waals surface area contributed by atoms with Crippen LogP contribution in [-0.4, -0.2) is 39.8 Å². The molecule has 6 heteroatoms. The van der Waals surface area contributed by atoms with Crippen molar-refractivity contribution in [2.75, 3.05) is 28.4 Å². The highest BCUT2D eigenvalue weighted by atomic mass is 31.1. The van der Waals surface area contributed by atoms with Crippen LogP contribution in [-0.2, 0) is 0 Å². The maximum Gasteiger partial charge on any atom is 0.118 e. The highest BCUT2D eigenvalue weighted by molar-refractivity contribution is 7.74. The molecule has 0 N–H and O–H groups in total. The quantitative estimate of drug-likeness (QED) is 0.143. The van der Waals surface area contributed by atoms with E-state index in [0.717, 1.165) is 46.7 Å². The van der Waals surface area contributed by atoms with Gasteiger partial charge in [-0.1, -0.05) is 87.1 Å². The van der Waals surface area contributed by atoms with E-state index in [2.05, 4.69) is 97.1 Å². The van der Waals surface area contributed by atoms with Crippen LogP contribution in [0.4, 0.5) is 0 Å². The molecular formula is C48H60O4P2. The molecule has 8 rings (SSSR count). The van der Waals surface area contributed by atoms with E-state index < -0.39 is 15.8 Å². The lowest BCUT2D eigenvalue weighted by Gasteiger charge is -2.58. The number of ether oxygens (including phenoxy) is 4. The Kier molecular flexibility index (Phi) is 12.2. The fraction of sp³-hybridized carbons (Fsp3) is 0.500. The van der Waals surface area contributed by atoms with E-state index in [1.54, 1.807) is 28.4 Å². The third-order valence-corrected chi connectivity index (χ3v) is 19.9. The van der Waals surface area contributed by atoms with E-state index in [0.29, 0.717) is 23.2 Å². The zero-order valence-electron chi connectivity index (χ0n) is 32.9. The Morgan fingerprint density at radius 1 is 0.352 bits per heavy atom. The Labute approximate surface area is 327 Å². The summed E-state index contributed by atoms with van der Waals surface area (Å²) in [6.07, 6.45) is 16.7. The van der Waals surface area contributed by atoms with Crippen molar-refractivity contribution in [1.82, 2.24) is 0 Å². The van der Waals surface area contributed by atoms with Gasteiger partial charge in [0.15, 0.2) is 0 Å². The van der Waals surface area contributed by atoms with Gasteiger partial charge >= 0.3 is 0 Å². The summed E-state index contributed by atoms with van der Waals surface area (Å²) < 4.78 is 22.8. The highest BCUT2D eigenvalue weighted by Crippen LogP contribution is 2.65. The third-order valence-electron chi connectivity index (χ3n) is 14.0. The molecule has 0 aliphatic heterocycles. The monoisotopic (exact) mass is 762 g/mol. The molecule has 4 fully saturated rings. The number of methoxy groups -OCH3 is 4. The van der Waals surface area contributed by atoms with Crippen LogP contribution in [0.25, 0.3) is 0 Å². The normalized spacial score (nSPS) is 28.2. The molecule has 54 heavy (non-hydrogen) atoms. The zero-order valence-corrected chi connectivity index (χ0v) is 34.7. The van der Waals surface area contributed by atoms with Crippen LogP contribution in [0.15, 0.2) is 97.1 Å². The number of rotatable bonds is 11. The highest BCUT2D eigenvalue weighted by Gasteiger charge is 2.54. The first kappa shape index (κ1) is 37.8. The van der Waals surface area contributed by atoms with Crippen LogP contribution < -0.4 is 40.2 Å². The summed E-state index contributed by atoms with van der Waals surface area (Å²) in [5.74, 6) is 8.51. The van der Waals surface area contributed by atoms with Crippen LogP contribution in [0.1, 0.15) is 77.0 Å². The van der Waals surface area contributed by atoms with Crippen molar-refractivity contribution in [3.63, 3.8) is 0 Å². The van der Waals surface area contributed by atoms with Crippen LogP contribution in [0.3, 0.4) is 0 Å². The molecule has 4 nitrogen and oxygen atoms in total. The average Bonchev–Trinajstić information content (AvgIpc) is 3.24. The Morgan fingerprint density at radius 2 is 0.630 bits per heavy atom. The Balaban J connectivity index is 1.30. The van der Waals surface area contributed by atoms with E-state index in [1.165, 1.54) is 98.3 Å². The molecule has 0 saturated heterocycles. The van der Waals surface area contributed by atoms with E-state index in [1.807, 2.05) is 0 Å². The van der Waals surface area contributed by atoms with Gasteiger partial charge in [0.2, 0.25) is 0 Å². The minimum atomic E-state index is -0.622. The molecule has 8 atom stereocenters. The molecule has 4 aliphatic carbocycles. The molecule has 4 aliphatic rings.